The molecule has 0 amide bonds. The van der Waals surface area contributed by atoms with Gasteiger partial charge in [0.2, 0.25) is 0 Å². The Morgan fingerprint density at radius 3 is 2.81 bits per heavy atom. The lowest BCUT2D eigenvalue weighted by molar-refractivity contribution is -0.0834. The summed E-state index contributed by atoms with van der Waals surface area (Å²) in [6.07, 6.45) is 8.43. The predicted molar refractivity (Wildman–Crippen MR) is 64.2 cm³/mol. The summed E-state index contributed by atoms with van der Waals surface area (Å²) in [6, 6.07) is 4.45. The second-order valence-electron chi connectivity index (χ2n) is 4.57. The first-order chi connectivity index (χ1) is 7.79. The van der Waals surface area contributed by atoms with Gasteiger partial charge in [-0.3, -0.25) is 4.98 Å². The van der Waals surface area contributed by atoms with E-state index in [4.69, 9.17) is 4.74 Å². The van der Waals surface area contributed by atoms with Gasteiger partial charge in [-0.25, -0.2) is 0 Å². The molecule has 1 atom stereocenters. The zero-order valence-corrected chi connectivity index (χ0v) is 10.1. The maximum absolute atomic E-state index is 5.67. The van der Waals surface area contributed by atoms with Crippen molar-refractivity contribution >= 4 is 0 Å². The maximum Gasteiger partial charge on any atom is 0.0697 e. The summed E-state index contributed by atoms with van der Waals surface area (Å²) in [6.45, 7) is 0. The molecule has 0 aromatic carbocycles. The van der Waals surface area contributed by atoms with Crippen molar-refractivity contribution < 1.29 is 4.74 Å². The van der Waals surface area contributed by atoms with Crippen LogP contribution in [0.1, 0.15) is 37.3 Å². The van der Waals surface area contributed by atoms with Crippen LogP contribution in [0.3, 0.4) is 0 Å². The third kappa shape index (κ3) is 2.25. The number of aromatic nitrogens is 1. The molecule has 0 bridgehead atoms. The number of pyridine rings is 1. The topological polar surface area (TPSA) is 34.1 Å². The summed E-state index contributed by atoms with van der Waals surface area (Å²) in [5.41, 5.74) is 1.34. The lowest BCUT2D eigenvalue weighted by Crippen LogP contribution is -2.42. The van der Waals surface area contributed by atoms with Crippen LogP contribution in [0.2, 0.25) is 0 Å². The van der Waals surface area contributed by atoms with Gasteiger partial charge in [-0.2, -0.15) is 0 Å². The Balaban J connectivity index is 2.06. The van der Waals surface area contributed by atoms with Crippen molar-refractivity contribution in [1.29, 1.82) is 0 Å². The number of rotatable bonds is 5. The molecule has 1 aliphatic carbocycles. The summed E-state index contributed by atoms with van der Waals surface area (Å²) in [5.74, 6) is 0. The summed E-state index contributed by atoms with van der Waals surface area (Å²) < 4.78 is 5.67. The maximum atomic E-state index is 5.67. The highest BCUT2D eigenvalue weighted by molar-refractivity contribution is 5.15. The molecule has 1 aromatic rings. The van der Waals surface area contributed by atoms with Crippen molar-refractivity contribution in [3.05, 3.63) is 30.1 Å². The minimum atomic E-state index is 0.101. The number of nitrogens with one attached hydrogen (secondary N) is 1. The zero-order valence-electron chi connectivity index (χ0n) is 10.1. The van der Waals surface area contributed by atoms with Crippen molar-refractivity contribution in [3.63, 3.8) is 0 Å². The number of hydrogen-bond donors (Lipinski definition) is 1. The lowest BCUT2D eigenvalue weighted by atomic mass is 9.75. The van der Waals surface area contributed by atoms with E-state index in [-0.39, 0.29) is 5.60 Å². The third-order valence-corrected chi connectivity index (χ3v) is 3.71. The molecule has 3 nitrogen and oxygen atoms in total. The largest absolute Gasteiger partial charge is 0.378 e. The summed E-state index contributed by atoms with van der Waals surface area (Å²) in [4.78, 5) is 4.17. The average Bonchev–Trinajstić information content (AvgIpc) is 2.30. The molecular weight excluding hydrogens is 200 g/mol. The summed E-state index contributed by atoms with van der Waals surface area (Å²) in [7, 11) is 3.83. The van der Waals surface area contributed by atoms with Crippen LogP contribution in [0, 0.1) is 0 Å². The van der Waals surface area contributed by atoms with Crippen LogP contribution in [0.4, 0.5) is 0 Å². The van der Waals surface area contributed by atoms with Gasteiger partial charge in [0.25, 0.3) is 0 Å². The van der Waals surface area contributed by atoms with E-state index in [0.29, 0.717) is 6.04 Å². The standard InChI is InChI=1S/C13H20N2O/c1-14-12(11-5-3-8-15-10-11)9-13(16-2)6-4-7-13/h3,5,8,10,12,14H,4,6-7,9H2,1-2H3. The first-order valence-electron chi connectivity index (χ1n) is 5.92. The minimum Gasteiger partial charge on any atom is -0.378 e. The predicted octanol–water partition coefficient (Wildman–Crippen LogP) is 2.30. The Morgan fingerprint density at radius 1 is 1.56 bits per heavy atom. The van der Waals surface area contributed by atoms with Crippen LogP contribution in [-0.2, 0) is 4.74 Å². The molecule has 1 saturated carbocycles. The molecule has 3 heteroatoms. The average molecular weight is 220 g/mol. The molecule has 2 rings (SSSR count). The second-order valence-corrected chi connectivity index (χ2v) is 4.57. The molecule has 1 aromatic heterocycles. The van der Waals surface area contributed by atoms with Crippen molar-refractivity contribution in [2.75, 3.05) is 14.2 Å². The summed E-state index contributed by atoms with van der Waals surface area (Å²) in [5, 5.41) is 3.36. The number of hydrogen-bond acceptors (Lipinski definition) is 3. The van der Waals surface area contributed by atoms with E-state index >= 15 is 0 Å². The molecule has 1 N–H and O–H groups in total. The molecule has 0 aliphatic heterocycles. The first-order valence-corrected chi connectivity index (χ1v) is 5.92. The lowest BCUT2D eigenvalue weighted by Gasteiger charge is -2.42. The molecule has 1 aliphatic rings. The van der Waals surface area contributed by atoms with Gasteiger partial charge in [0.15, 0.2) is 0 Å². The zero-order chi connectivity index (χ0) is 11.4. The van der Waals surface area contributed by atoms with E-state index in [9.17, 15) is 0 Å². The molecule has 0 radical (unpaired) electrons. The second kappa shape index (κ2) is 4.93. The van der Waals surface area contributed by atoms with Crippen molar-refractivity contribution in [1.82, 2.24) is 10.3 Å². The van der Waals surface area contributed by atoms with Gasteiger partial charge in [-0.15, -0.1) is 0 Å². The van der Waals surface area contributed by atoms with Crippen molar-refractivity contribution in [3.8, 4) is 0 Å². The van der Waals surface area contributed by atoms with Gasteiger partial charge in [-0.1, -0.05) is 6.07 Å². The molecule has 0 spiro atoms. The molecule has 16 heavy (non-hydrogen) atoms. The quantitative estimate of drug-likeness (QED) is 0.826. The van der Waals surface area contributed by atoms with Gasteiger partial charge in [-0.05, 0) is 44.4 Å². The summed E-state index contributed by atoms with van der Waals surface area (Å²) >= 11 is 0. The fraction of sp³-hybridized carbons (Fsp3) is 0.615. The Bertz CT molecular complexity index is 316. The first kappa shape index (κ1) is 11.6. The Kier molecular flexibility index (Phi) is 3.56. The Morgan fingerprint density at radius 2 is 2.38 bits per heavy atom. The van der Waals surface area contributed by atoms with Gasteiger partial charge in [0.05, 0.1) is 5.60 Å². The van der Waals surface area contributed by atoms with E-state index < -0.39 is 0 Å². The monoisotopic (exact) mass is 220 g/mol. The minimum absolute atomic E-state index is 0.101. The van der Waals surface area contributed by atoms with Crippen LogP contribution >= 0.6 is 0 Å². The van der Waals surface area contributed by atoms with E-state index in [1.807, 2.05) is 32.6 Å². The SMILES string of the molecule is CNC(CC1(OC)CCC1)c1cccnc1. The highest BCUT2D eigenvalue weighted by atomic mass is 16.5. The van der Waals surface area contributed by atoms with Crippen LogP contribution in [0.25, 0.3) is 0 Å². The van der Waals surface area contributed by atoms with Crippen LogP contribution < -0.4 is 5.32 Å². The third-order valence-electron chi connectivity index (χ3n) is 3.71. The van der Waals surface area contributed by atoms with Crippen LogP contribution in [0.15, 0.2) is 24.5 Å². The van der Waals surface area contributed by atoms with E-state index in [1.54, 1.807) is 0 Å². The molecule has 1 fully saturated rings. The van der Waals surface area contributed by atoms with Crippen LogP contribution in [0.5, 0.6) is 0 Å². The van der Waals surface area contributed by atoms with E-state index in [1.165, 1.54) is 24.8 Å². The number of methoxy groups -OCH3 is 1. The van der Waals surface area contributed by atoms with Crippen LogP contribution in [-0.4, -0.2) is 24.7 Å². The molecule has 1 heterocycles. The molecule has 0 saturated heterocycles. The van der Waals surface area contributed by atoms with E-state index in [2.05, 4.69) is 16.4 Å². The van der Waals surface area contributed by atoms with Gasteiger partial charge < -0.3 is 10.1 Å². The molecular formula is C13H20N2O. The number of nitrogens with zero attached hydrogens (tertiary/aromatic N) is 1. The highest BCUT2D eigenvalue weighted by Crippen LogP contribution is 2.41. The fourth-order valence-corrected chi connectivity index (χ4v) is 2.40. The fourth-order valence-electron chi connectivity index (χ4n) is 2.40. The van der Waals surface area contributed by atoms with Gasteiger partial charge in [0, 0.05) is 25.5 Å². The van der Waals surface area contributed by atoms with Gasteiger partial charge in [0.1, 0.15) is 0 Å². The number of ether oxygens (including phenoxy) is 1. The Hall–Kier alpha value is -0.930. The normalized spacial score (nSPS) is 20.1. The van der Waals surface area contributed by atoms with Crippen molar-refractivity contribution in [2.24, 2.45) is 0 Å². The molecule has 88 valence electrons. The van der Waals surface area contributed by atoms with Crippen molar-refractivity contribution in [2.45, 2.75) is 37.3 Å². The Labute approximate surface area is 97.2 Å². The van der Waals surface area contributed by atoms with Gasteiger partial charge >= 0.3 is 0 Å². The highest BCUT2D eigenvalue weighted by Gasteiger charge is 2.39. The molecule has 1 unspecified atom stereocenters. The smallest absolute Gasteiger partial charge is 0.0697 e. The van der Waals surface area contributed by atoms with E-state index in [0.717, 1.165) is 6.42 Å².